The minimum absolute atomic E-state index is 0.0565. The van der Waals surface area contributed by atoms with Crippen molar-refractivity contribution in [3.05, 3.63) is 0 Å². The number of carboxylic acids is 1. The van der Waals surface area contributed by atoms with Crippen LogP contribution in [0.3, 0.4) is 0 Å². The highest BCUT2D eigenvalue weighted by Crippen LogP contribution is 2.17. The molecule has 1 aliphatic heterocycles. The lowest BCUT2D eigenvalue weighted by Crippen LogP contribution is -2.42. The summed E-state index contributed by atoms with van der Waals surface area (Å²) in [6, 6.07) is 0. The standard InChI is InChI=1S/C12H19NO5/c1-2-18-11(15)6-5-10(14)13-7-3-4-9(8-13)12(16)17/h9H,2-8H2,1H3,(H,16,17). The van der Waals surface area contributed by atoms with E-state index < -0.39 is 17.9 Å². The average molecular weight is 257 g/mol. The third kappa shape index (κ3) is 4.35. The number of aliphatic carboxylic acids is 1. The first-order chi connectivity index (χ1) is 8.54. The van der Waals surface area contributed by atoms with Crippen LogP contribution in [0.25, 0.3) is 0 Å². The third-order valence-corrected chi connectivity index (χ3v) is 2.97. The Labute approximate surface area is 106 Å². The van der Waals surface area contributed by atoms with E-state index in [-0.39, 0.29) is 25.3 Å². The SMILES string of the molecule is CCOC(=O)CCC(=O)N1CCCC(C(=O)O)C1. The molecule has 6 nitrogen and oxygen atoms in total. The van der Waals surface area contributed by atoms with Crippen LogP contribution >= 0.6 is 0 Å². The average Bonchev–Trinajstić information content (AvgIpc) is 2.36. The van der Waals surface area contributed by atoms with Gasteiger partial charge < -0.3 is 14.7 Å². The van der Waals surface area contributed by atoms with Gasteiger partial charge >= 0.3 is 11.9 Å². The molecule has 0 aromatic rings. The van der Waals surface area contributed by atoms with Crippen molar-refractivity contribution in [3.8, 4) is 0 Å². The second-order valence-electron chi connectivity index (χ2n) is 4.32. The van der Waals surface area contributed by atoms with Gasteiger partial charge in [0.25, 0.3) is 0 Å². The van der Waals surface area contributed by atoms with Gasteiger partial charge in [-0.3, -0.25) is 14.4 Å². The van der Waals surface area contributed by atoms with Crippen LogP contribution in [-0.4, -0.2) is 47.5 Å². The number of esters is 1. The first-order valence-corrected chi connectivity index (χ1v) is 6.20. The van der Waals surface area contributed by atoms with E-state index in [0.717, 1.165) is 0 Å². The van der Waals surface area contributed by atoms with E-state index in [4.69, 9.17) is 9.84 Å². The highest BCUT2D eigenvalue weighted by Gasteiger charge is 2.28. The maximum Gasteiger partial charge on any atom is 0.308 e. The molecule has 1 saturated heterocycles. The maximum absolute atomic E-state index is 11.8. The highest BCUT2D eigenvalue weighted by molar-refractivity contribution is 5.82. The van der Waals surface area contributed by atoms with Gasteiger partial charge in [-0.05, 0) is 19.8 Å². The number of likely N-dealkylation sites (tertiary alicyclic amines) is 1. The van der Waals surface area contributed by atoms with Crippen molar-refractivity contribution in [2.24, 2.45) is 5.92 Å². The Kier molecular flexibility index (Phi) is 5.61. The molecule has 102 valence electrons. The second kappa shape index (κ2) is 6.98. The summed E-state index contributed by atoms with van der Waals surface area (Å²) in [6.07, 6.45) is 1.45. The molecule has 0 saturated carbocycles. The topological polar surface area (TPSA) is 83.9 Å². The normalized spacial score (nSPS) is 19.4. The van der Waals surface area contributed by atoms with Crippen LogP contribution in [0.15, 0.2) is 0 Å². The zero-order valence-corrected chi connectivity index (χ0v) is 10.6. The lowest BCUT2D eigenvalue weighted by molar-refractivity contribution is -0.148. The molecule has 18 heavy (non-hydrogen) atoms. The van der Waals surface area contributed by atoms with Gasteiger partial charge in [-0.1, -0.05) is 0 Å². The summed E-state index contributed by atoms with van der Waals surface area (Å²) >= 11 is 0. The van der Waals surface area contributed by atoms with E-state index in [1.807, 2.05) is 0 Å². The van der Waals surface area contributed by atoms with Gasteiger partial charge in [0.1, 0.15) is 0 Å². The van der Waals surface area contributed by atoms with Crippen LogP contribution in [0, 0.1) is 5.92 Å². The van der Waals surface area contributed by atoms with Gasteiger partial charge in [-0.15, -0.1) is 0 Å². The van der Waals surface area contributed by atoms with Crippen LogP contribution in [-0.2, 0) is 19.1 Å². The Morgan fingerprint density at radius 2 is 2.06 bits per heavy atom. The van der Waals surface area contributed by atoms with Crippen molar-refractivity contribution in [3.63, 3.8) is 0 Å². The molecule has 0 aromatic heterocycles. The quantitative estimate of drug-likeness (QED) is 0.731. The van der Waals surface area contributed by atoms with Crippen LogP contribution in [0.2, 0.25) is 0 Å². The Morgan fingerprint density at radius 3 is 2.67 bits per heavy atom. The van der Waals surface area contributed by atoms with E-state index in [1.54, 1.807) is 6.92 Å². The fourth-order valence-corrected chi connectivity index (χ4v) is 2.01. The van der Waals surface area contributed by atoms with Crippen LogP contribution in [0.4, 0.5) is 0 Å². The molecule has 1 rings (SSSR count). The summed E-state index contributed by atoms with van der Waals surface area (Å²) in [6.45, 7) is 2.84. The summed E-state index contributed by atoms with van der Waals surface area (Å²) in [7, 11) is 0. The number of amides is 1. The smallest absolute Gasteiger partial charge is 0.308 e. The summed E-state index contributed by atoms with van der Waals surface area (Å²) in [5.74, 6) is -1.91. The predicted octanol–water partition coefficient (Wildman–Crippen LogP) is 0.653. The minimum Gasteiger partial charge on any atom is -0.481 e. The molecule has 0 bridgehead atoms. The zero-order chi connectivity index (χ0) is 13.5. The molecule has 0 aliphatic carbocycles. The fraction of sp³-hybridized carbons (Fsp3) is 0.750. The van der Waals surface area contributed by atoms with E-state index in [1.165, 1.54) is 4.90 Å². The van der Waals surface area contributed by atoms with Gasteiger partial charge in [0.2, 0.25) is 5.91 Å². The predicted molar refractivity (Wildman–Crippen MR) is 62.8 cm³/mol. The van der Waals surface area contributed by atoms with Crippen molar-refractivity contribution < 1.29 is 24.2 Å². The van der Waals surface area contributed by atoms with Crippen molar-refractivity contribution in [2.45, 2.75) is 32.6 Å². The largest absolute Gasteiger partial charge is 0.481 e. The number of hydrogen-bond donors (Lipinski definition) is 1. The molecule has 0 radical (unpaired) electrons. The monoisotopic (exact) mass is 257 g/mol. The first kappa shape index (κ1) is 14.5. The molecule has 1 aliphatic rings. The van der Waals surface area contributed by atoms with Gasteiger partial charge in [0.15, 0.2) is 0 Å². The van der Waals surface area contributed by atoms with Gasteiger partial charge in [0.05, 0.1) is 18.9 Å². The van der Waals surface area contributed by atoms with Crippen LogP contribution in [0.1, 0.15) is 32.6 Å². The van der Waals surface area contributed by atoms with Crippen molar-refractivity contribution in [1.82, 2.24) is 4.90 Å². The summed E-state index contributed by atoms with van der Waals surface area (Å²) in [5.41, 5.74) is 0. The fourth-order valence-electron chi connectivity index (χ4n) is 2.01. The van der Waals surface area contributed by atoms with Gasteiger partial charge in [0, 0.05) is 19.5 Å². The lowest BCUT2D eigenvalue weighted by atomic mass is 9.98. The molecule has 0 aromatic carbocycles. The lowest BCUT2D eigenvalue weighted by Gasteiger charge is -2.30. The summed E-state index contributed by atoms with van der Waals surface area (Å²) in [5, 5.41) is 8.91. The molecule has 0 spiro atoms. The Hall–Kier alpha value is -1.59. The molecular weight excluding hydrogens is 238 g/mol. The van der Waals surface area contributed by atoms with Gasteiger partial charge in [-0.2, -0.15) is 0 Å². The minimum atomic E-state index is -0.863. The Balaban J connectivity index is 2.37. The number of rotatable bonds is 5. The van der Waals surface area contributed by atoms with Crippen LogP contribution < -0.4 is 0 Å². The highest BCUT2D eigenvalue weighted by atomic mass is 16.5. The van der Waals surface area contributed by atoms with E-state index >= 15 is 0 Å². The third-order valence-electron chi connectivity index (χ3n) is 2.97. The number of carbonyl (C=O) groups excluding carboxylic acids is 2. The Bertz CT molecular complexity index is 328. The number of carboxylic acid groups (broad SMARTS) is 1. The van der Waals surface area contributed by atoms with Crippen LogP contribution in [0.5, 0.6) is 0 Å². The number of nitrogens with zero attached hydrogens (tertiary/aromatic N) is 1. The molecule has 1 fully saturated rings. The summed E-state index contributed by atoms with van der Waals surface area (Å²) < 4.78 is 4.74. The van der Waals surface area contributed by atoms with Crippen molar-refractivity contribution in [1.29, 1.82) is 0 Å². The summed E-state index contributed by atoms with van der Waals surface area (Å²) in [4.78, 5) is 35.3. The molecule has 1 atom stereocenters. The molecule has 1 heterocycles. The van der Waals surface area contributed by atoms with E-state index in [2.05, 4.69) is 0 Å². The van der Waals surface area contributed by atoms with Gasteiger partial charge in [-0.25, -0.2) is 0 Å². The molecule has 1 unspecified atom stereocenters. The molecule has 6 heteroatoms. The van der Waals surface area contributed by atoms with E-state index in [9.17, 15) is 14.4 Å². The maximum atomic E-state index is 11.8. The second-order valence-corrected chi connectivity index (χ2v) is 4.32. The van der Waals surface area contributed by atoms with Crippen molar-refractivity contribution >= 4 is 17.8 Å². The number of piperidine rings is 1. The van der Waals surface area contributed by atoms with E-state index in [0.29, 0.717) is 26.0 Å². The number of carbonyl (C=O) groups is 3. The number of hydrogen-bond acceptors (Lipinski definition) is 4. The molecule has 1 N–H and O–H groups in total. The first-order valence-electron chi connectivity index (χ1n) is 6.20. The Morgan fingerprint density at radius 1 is 1.33 bits per heavy atom. The number of ether oxygens (including phenoxy) is 1. The molecule has 1 amide bonds. The molecular formula is C12H19NO5. The zero-order valence-electron chi connectivity index (χ0n) is 10.6. The van der Waals surface area contributed by atoms with Crippen molar-refractivity contribution in [2.75, 3.05) is 19.7 Å².